The molecule has 25 nitrogen and oxygen atoms in total. The average molecular weight is 1500 g/mol. The number of carboxylic acid groups (broad SMARTS) is 1. The van der Waals surface area contributed by atoms with Gasteiger partial charge in [-0.25, -0.2) is 23.2 Å². The van der Waals surface area contributed by atoms with Crippen molar-refractivity contribution in [1.29, 1.82) is 0 Å². The largest absolute Gasteiger partial charge is 1.00 e. The van der Waals surface area contributed by atoms with Gasteiger partial charge in [-0.1, -0.05) is 68.7 Å². The van der Waals surface area contributed by atoms with Crippen LogP contribution in [0.15, 0.2) is 92.4 Å². The number of esters is 2. The van der Waals surface area contributed by atoms with Gasteiger partial charge in [-0.2, -0.15) is 77.9 Å². The van der Waals surface area contributed by atoms with E-state index >= 15 is 0 Å². The van der Waals surface area contributed by atoms with E-state index in [1.807, 2.05) is 6.92 Å². The number of benzene rings is 2. The van der Waals surface area contributed by atoms with Crippen molar-refractivity contribution in [3.05, 3.63) is 136 Å². The number of hydrogen-bond donors (Lipinski definition) is 5. The maximum atomic E-state index is 13.4. The topological polar surface area (TPSA) is 359 Å². The second kappa shape index (κ2) is 37.9. The van der Waals surface area contributed by atoms with Gasteiger partial charge in [0.25, 0.3) is 5.91 Å². The minimum atomic E-state index is -4.65. The second-order valence-corrected chi connectivity index (χ2v) is 22.0. The third kappa shape index (κ3) is 25.4. The minimum absolute atomic E-state index is 0. The van der Waals surface area contributed by atoms with Gasteiger partial charge >= 0.3 is 79.3 Å². The number of ether oxygens (including phenoxy) is 2. The van der Waals surface area contributed by atoms with Crippen molar-refractivity contribution in [3.8, 4) is 22.8 Å². The van der Waals surface area contributed by atoms with E-state index in [1.165, 1.54) is 30.3 Å². The number of alkyl halides is 12. The molecule has 2 aromatic carbocycles. The second-order valence-electron chi connectivity index (χ2n) is 22.0. The van der Waals surface area contributed by atoms with Gasteiger partial charge < -0.3 is 50.2 Å². The Balaban J connectivity index is 0.000000331. The molecule has 7 N–H and O–H groups in total. The van der Waals surface area contributed by atoms with Crippen LogP contribution in [-0.2, 0) is 32.8 Å². The Kier molecular flexibility index (Phi) is 32.7. The number of rotatable bonds is 17. The molecule has 0 bridgehead atoms. The smallest absolute Gasteiger partial charge is 0.870 e. The third-order valence-electron chi connectivity index (χ3n) is 14.1. The average Bonchev–Trinajstić information content (AvgIpc) is 1.64. The van der Waals surface area contributed by atoms with Crippen molar-refractivity contribution in [2.45, 2.75) is 160 Å². The first-order chi connectivity index (χ1) is 46.0. The molecule has 4 saturated carbocycles. The predicted molar refractivity (Wildman–Crippen MR) is 329 cm³/mol. The van der Waals surface area contributed by atoms with Gasteiger partial charge in [0.2, 0.25) is 23.4 Å². The molecule has 5 aliphatic rings. The Morgan fingerprint density at radius 3 is 1.39 bits per heavy atom. The van der Waals surface area contributed by atoms with Gasteiger partial charge in [0.15, 0.2) is 17.1 Å². The van der Waals surface area contributed by atoms with Crippen LogP contribution in [0, 0.1) is 11.6 Å². The van der Waals surface area contributed by atoms with E-state index in [2.05, 4.69) is 50.6 Å². The summed E-state index contributed by atoms with van der Waals surface area (Å²) in [4.78, 5) is 57.4. The summed E-state index contributed by atoms with van der Waals surface area (Å²) < 4.78 is 199. The number of carboxylic acids is 1. The van der Waals surface area contributed by atoms with E-state index in [0.717, 1.165) is 57.9 Å². The van der Waals surface area contributed by atoms with Crippen LogP contribution in [0.1, 0.15) is 190 Å². The molecule has 1 aliphatic heterocycles. The number of halogens is 15. The van der Waals surface area contributed by atoms with E-state index in [1.54, 1.807) is 39.0 Å². The number of nitrogens with two attached hydrogens (primary N) is 1. The number of hydrogen-bond acceptors (Lipinski definition) is 20. The zero-order valence-corrected chi connectivity index (χ0v) is 56.7. The number of allylic oxidation sites excluding steroid dienone is 1. The fourth-order valence-corrected chi connectivity index (χ4v) is 8.42. The molecule has 42 heteroatoms. The standard InChI is InChI=1S/C19H17F4N5O2.C11H12FN3O.C10H11F3N2O2.C8H7F3N2O2.C8H8F3NO2.C3H7BO2.CH4.ClH.Na.H2O/c1-2-13(18-25-16(27-30-18)10-4-3-5-11(20)8-10)24-17(29)14-9-15(19(21,22)23)26-28(14)12-6-7-12;1-2-9(13)11-14-10(15-16-11)7-4-3-5-8(12)6-7;1-2-17-9(16)7-5-8(10(11,12)13)14-15(7)6-3-4-6;9-8(10,11)6-3-5(7(14)15)13(12-6)4-1-2-4;1-2-14-7(13)5-3-6(12-4-5)8(9,10)11;5-4(6)3-1-2-3;;;;/h3-5,8-9,12-13H,2,6-7H2,1H3,(H,24,29);3-6,9H,2,13H2,1H3;5-6H,2-4H2,1H3;3-4H,1-2H2,(H,14,15);3H,2,4H2,1H3;3,5-6H,1-2H2;1H4;1H;;1H2/q;;;;;;;;+1;/p-1/t13-;9-;;;;;;;;/m00......../s1. The molecule has 4 aliphatic carbocycles. The maximum Gasteiger partial charge on any atom is 1.00 e. The van der Waals surface area contributed by atoms with Crippen LogP contribution in [-0.4, -0.2) is 133 Å². The Morgan fingerprint density at radius 2 is 1.03 bits per heavy atom. The van der Waals surface area contributed by atoms with Crippen molar-refractivity contribution in [1.82, 2.24) is 54.9 Å². The molecule has 554 valence electrons. The van der Waals surface area contributed by atoms with Gasteiger partial charge in [-0.3, -0.25) is 23.8 Å². The normalized spacial score (nSPS) is 15.1. The number of aromatic nitrogens is 10. The predicted octanol–water partition coefficient (Wildman–Crippen LogP) is 9.94. The van der Waals surface area contributed by atoms with Crippen LogP contribution in [0.25, 0.3) is 22.8 Å². The molecular weight excluding hydrogens is 1430 g/mol. The molecule has 12 rings (SSSR count). The molecule has 5 aromatic heterocycles. The number of carbonyl (C=O) groups excluding carboxylic acids is 3. The maximum absolute atomic E-state index is 13.4. The Hall–Kier alpha value is -8.15. The molecule has 7 aromatic rings. The molecule has 0 radical (unpaired) electrons. The van der Waals surface area contributed by atoms with E-state index < -0.39 is 96.0 Å². The molecule has 0 spiro atoms. The monoisotopic (exact) mass is 1500 g/mol. The van der Waals surface area contributed by atoms with Crippen molar-refractivity contribution in [2.24, 2.45) is 10.7 Å². The first kappa shape index (κ1) is 88.1. The molecular formula is C60H68BClF14N13NaO12. The Morgan fingerprint density at radius 1 is 0.618 bits per heavy atom. The third-order valence-corrected chi connectivity index (χ3v) is 14.1. The minimum Gasteiger partial charge on any atom is -0.870 e. The molecule has 102 heavy (non-hydrogen) atoms. The first-order valence-corrected chi connectivity index (χ1v) is 30.1. The zero-order chi connectivity index (χ0) is 72.2. The van der Waals surface area contributed by atoms with Crippen molar-refractivity contribution < 1.29 is 149 Å². The molecule has 4 fully saturated rings. The summed E-state index contributed by atoms with van der Waals surface area (Å²) in [6.45, 7) is 6.85. The van der Waals surface area contributed by atoms with Gasteiger partial charge in [-0.05, 0) is 101 Å². The number of nitrogens with one attached hydrogen (secondary N) is 1. The van der Waals surface area contributed by atoms with E-state index in [4.69, 9.17) is 34.7 Å². The van der Waals surface area contributed by atoms with Crippen LogP contribution in [0.4, 0.5) is 61.5 Å². The van der Waals surface area contributed by atoms with Crippen LogP contribution in [0.2, 0.25) is 5.82 Å². The number of nitrogens with zero attached hydrogens (tertiary/aromatic N) is 11. The van der Waals surface area contributed by atoms with Crippen LogP contribution in [0.5, 0.6) is 0 Å². The summed E-state index contributed by atoms with van der Waals surface area (Å²) in [5.74, 6) is -3.25. The molecule has 0 unspecified atom stereocenters. The summed E-state index contributed by atoms with van der Waals surface area (Å²) in [6, 6.07) is 12.2. The van der Waals surface area contributed by atoms with Crippen molar-refractivity contribution >= 4 is 49.1 Å². The van der Waals surface area contributed by atoms with E-state index in [-0.39, 0.29) is 139 Å². The van der Waals surface area contributed by atoms with Gasteiger partial charge in [-0.15, -0.1) is 12.4 Å². The summed E-state index contributed by atoms with van der Waals surface area (Å²) >= 11 is 0. The van der Waals surface area contributed by atoms with Crippen LogP contribution in [0.3, 0.4) is 0 Å². The Bertz CT molecular complexity index is 3960. The van der Waals surface area contributed by atoms with Crippen LogP contribution < -0.4 is 40.6 Å². The van der Waals surface area contributed by atoms with E-state index in [9.17, 15) is 80.6 Å². The molecule has 1 amide bonds. The van der Waals surface area contributed by atoms with E-state index in [0.29, 0.717) is 67.4 Å². The number of aliphatic imine (C=N–C) groups is 1. The van der Waals surface area contributed by atoms with Crippen LogP contribution >= 0.6 is 12.4 Å². The molecule has 2 atom stereocenters. The summed E-state index contributed by atoms with van der Waals surface area (Å²) in [6.07, 6.45) is -10.3. The van der Waals surface area contributed by atoms with Crippen molar-refractivity contribution in [2.75, 3.05) is 19.8 Å². The van der Waals surface area contributed by atoms with Gasteiger partial charge in [0.05, 0.1) is 49.5 Å². The number of carbonyl (C=O) groups is 4. The summed E-state index contributed by atoms with van der Waals surface area (Å²) in [5, 5.41) is 45.7. The van der Waals surface area contributed by atoms with Crippen molar-refractivity contribution in [3.63, 3.8) is 0 Å². The zero-order valence-electron chi connectivity index (χ0n) is 53.9. The van der Waals surface area contributed by atoms with Gasteiger partial charge in [0, 0.05) is 29.3 Å². The summed E-state index contributed by atoms with van der Waals surface area (Å²) in [5.41, 5.74) is 1.64. The van der Waals surface area contributed by atoms with Gasteiger partial charge in [0.1, 0.15) is 40.5 Å². The number of aromatic carboxylic acids is 1. The fourth-order valence-electron chi connectivity index (χ4n) is 8.42. The fraction of sp³-hybridized carbons (Fsp3) is 0.467. The number of amides is 1. The Labute approximate surface area is 599 Å². The quantitative estimate of drug-likeness (QED) is 0.0321. The first-order valence-electron chi connectivity index (χ1n) is 30.1. The SMILES string of the molecule is C.CCOC(=O)C1=CC(C(F)(F)F)=NC1.CCOC(=O)c1cc(C(F)(F)F)nn1C1CC1.CC[C@H](N)c1nc(-c2cccc(F)c2)no1.CC[C@H](NC(=O)c1cc(C(F)(F)F)nn1C1CC1)c1nc(-c2cccc(F)c2)no1.Cl.O=C(O)c1cc(C(F)(F)F)nn1C1CC1.OB(O)C1CC1.[Na+].[OH-]. The molecule has 0 saturated heterocycles. The summed E-state index contributed by atoms with van der Waals surface area (Å²) in [7, 11) is -1.04. The molecule has 6 heterocycles.